The molecule has 1 unspecified atom stereocenters. The molecule has 0 spiro atoms. The molecule has 0 aliphatic carbocycles. The topological polar surface area (TPSA) is 15.3 Å². The van der Waals surface area contributed by atoms with Crippen LogP contribution in [-0.4, -0.2) is 30.6 Å². The lowest BCUT2D eigenvalue weighted by Crippen LogP contribution is -2.38. The van der Waals surface area contributed by atoms with Gasteiger partial charge in [-0.1, -0.05) is 0 Å². The first kappa shape index (κ1) is 14.3. The zero-order valence-corrected chi connectivity index (χ0v) is 11.1. The number of benzene rings is 1. The molecule has 1 fully saturated rings. The van der Waals surface area contributed by atoms with Gasteiger partial charge in [0.2, 0.25) is 0 Å². The molecule has 0 bridgehead atoms. The minimum atomic E-state index is -1.15. The number of hydrogen-bond donors (Lipinski definition) is 1. The number of likely N-dealkylation sites (tertiary alicyclic amines) is 1. The molecular formula is C14H19F3N2. The van der Waals surface area contributed by atoms with Gasteiger partial charge in [-0.25, -0.2) is 13.2 Å². The zero-order chi connectivity index (χ0) is 13.8. The van der Waals surface area contributed by atoms with Crippen LogP contribution in [0.25, 0.3) is 0 Å². The predicted molar refractivity (Wildman–Crippen MR) is 68.3 cm³/mol. The summed E-state index contributed by atoms with van der Waals surface area (Å²) in [7, 11) is 0. The molecule has 5 heteroatoms. The van der Waals surface area contributed by atoms with Gasteiger partial charge in [0, 0.05) is 30.8 Å². The first-order valence-corrected chi connectivity index (χ1v) is 6.66. The van der Waals surface area contributed by atoms with Crippen molar-refractivity contribution in [2.75, 3.05) is 19.6 Å². The Bertz CT molecular complexity index is 431. The largest absolute Gasteiger partial charge is 0.311 e. The fourth-order valence-electron chi connectivity index (χ4n) is 2.43. The van der Waals surface area contributed by atoms with E-state index in [0.717, 1.165) is 19.2 Å². The zero-order valence-electron chi connectivity index (χ0n) is 11.1. The normalized spacial score (nSPS) is 17.9. The first-order valence-electron chi connectivity index (χ1n) is 6.66. The second kappa shape index (κ2) is 6.39. The molecule has 1 aliphatic heterocycles. The molecule has 1 aliphatic rings. The summed E-state index contributed by atoms with van der Waals surface area (Å²) in [4.78, 5) is 2.37. The first-order chi connectivity index (χ1) is 9.08. The highest BCUT2D eigenvalue weighted by Gasteiger charge is 2.17. The van der Waals surface area contributed by atoms with E-state index in [1.165, 1.54) is 12.8 Å². The fourth-order valence-corrected chi connectivity index (χ4v) is 2.43. The van der Waals surface area contributed by atoms with Gasteiger partial charge in [0.15, 0.2) is 11.6 Å². The van der Waals surface area contributed by atoms with Crippen LogP contribution in [0.5, 0.6) is 0 Å². The minimum absolute atomic E-state index is 0.160. The second-order valence-corrected chi connectivity index (χ2v) is 5.08. The Kier molecular flexibility index (Phi) is 4.82. The van der Waals surface area contributed by atoms with Crippen molar-refractivity contribution >= 4 is 0 Å². The van der Waals surface area contributed by atoms with Crippen molar-refractivity contribution in [2.24, 2.45) is 0 Å². The molecule has 106 valence electrons. The van der Waals surface area contributed by atoms with Crippen LogP contribution in [0, 0.1) is 17.5 Å². The number of nitrogens with one attached hydrogen (secondary N) is 1. The third-order valence-corrected chi connectivity index (χ3v) is 3.61. The lowest BCUT2D eigenvalue weighted by molar-refractivity contribution is 0.251. The average Bonchev–Trinajstić information content (AvgIpc) is 2.89. The molecule has 1 N–H and O–H groups in total. The molecule has 2 rings (SSSR count). The monoisotopic (exact) mass is 272 g/mol. The summed E-state index contributed by atoms with van der Waals surface area (Å²) in [5.41, 5.74) is 0.160. The molecule has 1 aromatic carbocycles. The maximum atomic E-state index is 13.4. The van der Waals surface area contributed by atoms with Gasteiger partial charge >= 0.3 is 0 Å². The van der Waals surface area contributed by atoms with E-state index < -0.39 is 17.5 Å². The van der Waals surface area contributed by atoms with Gasteiger partial charge in [0.25, 0.3) is 0 Å². The van der Waals surface area contributed by atoms with Gasteiger partial charge in [-0.2, -0.15) is 0 Å². The van der Waals surface area contributed by atoms with E-state index in [9.17, 15) is 13.2 Å². The van der Waals surface area contributed by atoms with E-state index in [1.54, 1.807) is 0 Å². The van der Waals surface area contributed by atoms with Crippen molar-refractivity contribution in [1.29, 1.82) is 0 Å². The van der Waals surface area contributed by atoms with Crippen molar-refractivity contribution in [3.05, 3.63) is 35.1 Å². The average molecular weight is 272 g/mol. The number of hydrogen-bond acceptors (Lipinski definition) is 2. The van der Waals surface area contributed by atoms with Crippen LogP contribution < -0.4 is 5.32 Å². The summed E-state index contributed by atoms with van der Waals surface area (Å²) in [6, 6.07) is 1.88. The van der Waals surface area contributed by atoms with Crippen LogP contribution in [0.2, 0.25) is 0 Å². The van der Waals surface area contributed by atoms with Crippen molar-refractivity contribution in [2.45, 2.75) is 32.4 Å². The van der Waals surface area contributed by atoms with Crippen LogP contribution in [0.3, 0.4) is 0 Å². The molecule has 1 heterocycles. The maximum Gasteiger partial charge on any atom is 0.161 e. The highest BCUT2D eigenvalue weighted by molar-refractivity contribution is 5.19. The summed E-state index contributed by atoms with van der Waals surface area (Å²) in [5, 5.41) is 3.10. The summed E-state index contributed by atoms with van der Waals surface area (Å²) < 4.78 is 39.2. The van der Waals surface area contributed by atoms with E-state index in [-0.39, 0.29) is 12.1 Å². The Labute approximate surface area is 111 Å². The molecule has 0 amide bonds. The van der Waals surface area contributed by atoms with Crippen molar-refractivity contribution in [3.8, 4) is 0 Å². The van der Waals surface area contributed by atoms with Gasteiger partial charge in [-0.05, 0) is 38.9 Å². The van der Waals surface area contributed by atoms with Crippen molar-refractivity contribution in [3.63, 3.8) is 0 Å². The Morgan fingerprint density at radius 3 is 2.42 bits per heavy atom. The molecular weight excluding hydrogens is 253 g/mol. The Morgan fingerprint density at radius 1 is 1.11 bits per heavy atom. The van der Waals surface area contributed by atoms with Crippen LogP contribution in [0.15, 0.2) is 12.1 Å². The quantitative estimate of drug-likeness (QED) is 0.829. The van der Waals surface area contributed by atoms with Crippen molar-refractivity contribution in [1.82, 2.24) is 10.2 Å². The molecule has 1 saturated heterocycles. The molecule has 19 heavy (non-hydrogen) atoms. The molecule has 1 atom stereocenters. The third kappa shape index (κ3) is 3.70. The SMILES string of the molecule is CC(CNCc1cc(F)c(F)cc1F)N1CCCC1. The third-order valence-electron chi connectivity index (χ3n) is 3.61. The summed E-state index contributed by atoms with van der Waals surface area (Å²) in [6.07, 6.45) is 2.45. The van der Waals surface area contributed by atoms with Crippen LogP contribution in [0.1, 0.15) is 25.3 Å². The lowest BCUT2D eigenvalue weighted by Gasteiger charge is -2.24. The van der Waals surface area contributed by atoms with E-state index in [1.807, 2.05) is 0 Å². The lowest BCUT2D eigenvalue weighted by atomic mass is 10.2. The minimum Gasteiger partial charge on any atom is -0.311 e. The maximum absolute atomic E-state index is 13.4. The Morgan fingerprint density at radius 2 is 1.74 bits per heavy atom. The fraction of sp³-hybridized carbons (Fsp3) is 0.571. The number of rotatable bonds is 5. The summed E-state index contributed by atoms with van der Waals surface area (Å²) in [5.74, 6) is -2.86. The van der Waals surface area contributed by atoms with Crippen LogP contribution in [-0.2, 0) is 6.54 Å². The van der Waals surface area contributed by atoms with Gasteiger partial charge in [-0.15, -0.1) is 0 Å². The number of halogens is 3. The summed E-state index contributed by atoms with van der Waals surface area (Å²) in [6.45, 7) is 5.23. The molecule has 0 saturated carbocycles. The molecule has 0 aromatic heterocycles. The Hall–Kier alpha value is -1.07. The number of nitrogens with zero attached hydrogens (tertiary/aromatic N) is 1. The standard InChI is InChI=1S/C14H19F3N2/c1-10(19-4-2-3-5-19)8-18-9-11-6-13(16)14(17)7-12(11)15/h6-7,10,18H,2-5,8-9H2,1H3. The van der Waals surface area contributed by atoms with Gasteiger partial charge < -0.3 is 5.32 Å². The van der Waals surface area contributed by atoms with Gasteiger partial charge in [0.1, 0.15) is 5.82 Å². The molecule has 0 radical (unpaired) electrons. The van der Waals surface area contributed by atoms with E-state index in [2.05, 4.69) is 17.1 Å². The highest BCUT2D eigenvalue weighted by atomic mass is 19.2. The van der Waals surface area contributed by atoms with Crippen molar-refractivity contribution < 1.29 is 13.2 Å². The second-order valence-electron chi connectivity index (χ2n) is 5.08. The van der Waals surface area contributed by atoms with Crippen LogP contribution >= 0.6 is 0 Å². The van der Waals surface area contributed by atoms with E-state index >= 15 is 0 Å². The van der Waals surface area contributed by atoms with Gasteiger partial charge in [0.05, 0.1) is 0 Å². The highest BCUT2D eigenvalue weighted by Crippen LogP contribution is 2.14. The van der Waals surface area contributed by atoms with Gasteiger partial charge in [-0.3, -0.25) is 4.90 Å². The molecule has 1 aromatic rings. The van der Waals surface area contributed by atoms with E-state index in [4.69, 9.17) is 0 Å². The Balaban J connectivity index is 1.83. The summed E-state index contributed by atoms with van der Waals surface area (Å²) >= 11 is 0. The molecule has 2 nitrogen and oxygen atoms in total. The van der Waals surface area contributed by atoms with E-state index in [0.29, 0.717) is 18.7 Å². The van der Waals surface area contributed by atoms with Crippen LogP contribution in [0.4, 0.5) is 13.2 Å². The smallest absolute Gasteiger partial charge is 0.161 e. The predicted octanol–water partition coefficient (Wildman–Crippen LogP) is 2.68.